The number of amidine groups is 1. The van der Waals surface area contributed by atoms with Crippen molar-refractivity contribution in [2.45, 2.75) is 12.3 Å². The standard InChI is InChI=1S/C25H20F3N5O2/c26-25(27,28)22-20(14-31-33-22)15-9-11-18(12-10-15)32-24(34)21(16-5-2-1-3-6-16)35-19-8-4-7-17(13-19)23(29)30/h1-14,21H,(H3,29,30)(H,31,33)(H,32,34). The minimum atomic E-state index is -4.57. The molecule has 0 bridgehead atoms. The van der Waals surface area contributed by atoms with Crippen LogP contribution in [0.1, 0.15) is 22.9 Å². The first-order chi connectivity index (χ1) is 16.7. The van der Waals surface area contributed by atoms with Crippen LogP contribution in [0.3, 0.4) is 0 Å². The Bertz CT molecular complexity index is 1340. The summed E-state index contributed by atoms with van der Waals surface area (Å²) in [7, 11) is 0. The molecular formula is C25H20F3N5O2. The minimum Gasteiger partial charge on any atom is -0.476 e. The van der Waals surface area contributed by atoms with E-state index in [2.05, 4.69) is 10.4 Å². The van der Waals surface area contributed by atoms with E-state index in [9.17, 15) is 18.0 Å². The Morgan fingerprint density at radius 3 is 2.40 bits per heavy atom. The van der Waals surface area contributed by atoms with Gasteiger partial charge in [0.2, 0.25) is 6.10 Å². The first-order valence-electron chi connectivity index (χ1n) is 10.4. The molecule has 0 aliphatic rings. The quantitative estimate of drug-likeness (QED) is 0.217. The zero-order chi connectivity index (χ0) is 25.0. The van der Waals surface area contributed by atoms with Gasteiger partial charge in [-0.2, -0.15) is 18.3 Å². The number of aromatic nitrogens is 2. The number of anilines is 1. The van der Waals surface area contributed by atoms with E-state index >= 15 is 0 Å². The molecule has 4 rings (SSSR count). The van der Waals surface area contributed by atoms with E-state index in [0.29, 0.717) is 28.1 Å². The Balaban J connectivity index is 1.56. The number of hydrogen-bond donors (Lipinski definition) is 4. The van der Waals surface area contributed by atoms with Crippen LogP contribution in [0, 0.1) is 5.41 Å². The molecule has 3 aromatic carbocycles. The molecule has 1 heterocycles. The number of nitrogen functional groups attached to an aromatic ring is 1. The highest BCUT2D eigenvalue weighted by atomic mass is 19.4. The first-order valence-corrected chi connectivity index (χ1v) is 10.4. The smallest absolute Gasteiger partial charge is 0.433 e. The largest absolute Gasteiger partial charge is 0.476 e. The number of carbonyl (C=O) groups is 1. The van der Waals surface area contributed by atoms with Crippen LogP contribution >= 0.6 is 0 Å². The number of nitrogens with one attached hydrogen (secondary N) is 3. The van der Waals surface area contributed by atoms with Crippen molar-refractivity contribution in [3.05, 3.63) is 102 Å². The molecule has 10 heteroatoms. The number of benzene rings is 3. The number of alkyl halides is 3. The van der Waals surface area contributed by atoms with Crippen molar-refractivity contribution >= 4 is 17.4 Å². The van der Waals surface area contributed by atoms with E-state index in [0.717, 1.165) is 6.20 Å². The number of carbonyl (C=O) groups excluding carboxylic acids is 1. The van der Waals surface area contributed by atoms with Crippen molar-refractivity contribution in [1.29, 1.82) is 5.41 Å². The normalized spacial score (nSPS) is 12.1. The molecule has 4 aromatic rings. The molecule has 1 unspecified atom stereocenters. The molecule has 0 spiro atoms. The second-order valence-electron chi connectivity index (χ2n) is 7.57. The van der Waals surface area contributed by atoms with E-state index in [1.165, 1.54) is 24.3 Å². The Kier molecular flexibility index (Phi) is 6.54. The summed E-state index contributed by atoms with van der Waals surface area (Å²) in [6.07, 6.45) is -4.51. The van der Waals surface area contributed by atoms with Crippen LogP contribution in [0.5, 0.6) is 5.75 Å². The van der Waals surface area contributed by atoms with Gasteiger partial charge in [-0.25, -0.2) is 0 Å². The summed E-state index contributed by atoms with van der Waals surface area (Å²) in [6.45, 7) is 0. The van der Waals surface area contributed by atoms with Gasteiger partial charge in [-0.3, -0.25) is 15.3 Å². The van der Waals surface area contributed by atoms with Crippen LogP contribution < -0.4 is 15.8 Å². The predicted molar refractivity (Wildman–Crippen MR) is 125 cm³/mol. The van der Waals surface area contributed by atoms with E-state index in [1.54, 1.807) is 54.6 Å². The average molecular weight is 479 g/mol. The zero-order valence-electron chi connectivity index (χ0n) is 18.1. The lowest BCUT2D eigenvalue weighted by Crippen LogP contribution is -2.25. The molecule has 35 heavy (non-hydrogen) atoms. The van der Waals surface area contributed by atoms with Gasteiger partial charge in [0.05, 0.1) is 6.20 Å². The third kappa shape index (κ3) is 5.49. The fourth-order valence-corrected chi connectivity index (χ4v) is 3.44. The Morgan fingerprint density at radius 2 is 1.74 bits per heavy atom. The minimum absolute atomic E-state index is 0.0915. The molecule has 0 aliphatic carbocycles. The zero-order valence-corrected chi connectivity index (χ0v) is 18.1. The van der Waals surface area contributed by atoms with Gasteiger partial charge in [-0.05, 0) is 29.8 Å². The maximum Gasteiger partial charge on any atom is 0.433 e. The number of nitrogens with zero attached hydrogens (tertiary/aromatic N) is 1. The van der Waals surface area contributed by atoms with Gasteiger partial charge in [-0.15, -0.1) is 0 Å². The molecule has 0 aliphatic heterocycles. The van der Waals surface area contributed by atoms with Gasteiger partial charge in [0.15, 0.2) is 0 Å². The Hall–Kier alpha value is -4.60. The first kappa shape index (κ1) is 23.6. The molecule has 0 radical (unpaired) electrons. The number of amides is 1. The third-order valence-electron chi connectivity index (χ3n) is 5.13. The van der Waals surface area contributed by atoms with Crippen LogP contribution in [0.4, 0.5) is 18.9 Å². The molecule has 178 valence electrons. The predicted octanol–water partition coefficient (Wildman–Crippen LogP) is 5.14. The molecule has 1 aromatic heterocycles. The highest BCUT2D eigenvalue weighted by Crippen LogP contribution is 2.35. The van der Waals surface area contributed by atoms with Gasteiger partial charge in [-0.1, -0.05) is 54.6 Å². The summed E-state index contributed by atoms with van der Waals surface area (Å²) in [5.41, 5.74) is 6.21. The maximum absolute atomic E-state index is 13.2. The third-order valence-corrected chi connectivity index (χ3v) is 5.13. The fourth-order valence-electron chi connectivity index (χ4n) is 3.44. The maximum atomic E-state index is 13.2. The summed E-state index contributed by atoms with van der Waals surface area (Å²) < 4.78 is 45.4. The Labute approximate surface area is 198 Å². The summed E-state index contributed by atoms with van der Waals surface area (Å²) in [6, 6.07) is 21.3. The fraction of sp³-hybridized carbons (Fsp3) is 0.0800. The van der Waals surface area contributed by atoms with Crippen molar-refractivity contribution in [2.24, 2.45) is 5.73 Å². The summed E-state index contributed by atoms with van der Waals surface area (Å²) >= 11 is 0. The molecular weight excluding hydrogens is 459 g/mol. The SMILES string of the molecule is N=C(N)c1cccc(OC(C(=O)Nc2ccc(-c3cn[nH]c3C(F)(F)F)cc2)c2ccccc2)c1. The van der Waals surface area contributed by atoms with Crippen molar-refractivity contribution in [3.63, 3.8) is 0 Å². The van der Waals surface area contributed by atoms with Gasteiger partial charge in [0.25, 0.3) is 5.91 Å². The highest BCUT2D eigenvalue weighted by molar-refractivity contribution is 5.96. The number of ether oxygens (including phenoxy) is 1. The number of H-pyrrole nitrogens is 1. The molecule has 0 saturated carbocycles. The molecule has 0 fully saturated rings. The monoisotopic (exact) mass is 479 g/mol. The number of nitrogens with two attached hydrogens (primary N) is 1. The van der Waals surface area contributed by atoms with E-state index in [1.807, 2.05) is 5.10 Å². The van der Waals surface area contributed by atoms with Crippen LogP contribution in [0.15, 0.2) is 85.1 Å². The van der Waals surface area contributed by atoms with Crippen molar-refractivity contribution in [2.75, 3.05) is 5.32 Å². The number of aromatic amines is 1. The highest BCUT2D eigenvalue weighted by Gasteiger charge is 2.35. The van der Waals surface area contributed by atoms with Crippen LogP contribution in [-0.4, -0.2) is 21.9 Å². The van der Waals surface area contributed by atoms with E-state index < -0.39 is 23.9 Å². The lowest BCUT2D eigenvalue weighted by Gasteiger charge is -2.20. The summed E-state index contributed by atoms with van der Waals surface area (Å²) in [4.78, 5) is 13.2. The Morgan fingerprint density at radius 1 is 1.03 bits per heavy atom. The second kappa shape index (κ2) is 9.72. The molecule has 1 atom stereocenters. The lowest BCUT2D eigenvalue weighted by atomic mass is 10.1. The molecule has 5 N–H and O–H groups in total. The van der Waals surface area contributed by atoms with Crippen molar-refractivity contribution in [3.8, 4) is 16.9 Å². The van der Waals surface area contributed by atoms with Gasteiger partial charge < -0.3 is 15.8 Å². The number of hydrogen-bond acceptors (Lipinski definition) is 4. The average Bonchev–Trinajstić information content (AvgIpc) is 3.34. The van der Waals surface area contributed by atoms with Crippen LogP contribution in [0.2, 0.25) is 0 Å². The number of rotatable bonds is 7. The summed E-state index contributed by atoms with van der Waals surface area (Å²) in [5, 5.41) is 15.8. The number of halogens is 3. The van der Waals surface area contributed by atoms with E-state index in [-0.39, 0.29) is 11.4 Å². The van der Waals surface area contributed by atoms with Crippen LogP contribution in [0.25, 0.3) is 11.1 Å². The van der Waals surface area contributed by atoms with Gasteiger partial charge >= 0.3 is 6.18 Å². The summed E-state index contributed by atoms with van der Waals surface area (Å²) in [5.74, 6) is -0.282. The van der Waals surface area contributed by atoms with Crippen molar-refractivity contribution < 1.29 is 22.7 Å². The van der Waals surface area contributed by atoms with Gasteiger partial charge in [0.1, 0.15) is 17.3 Å². The second-order valence-corrected chi connectivity index (χ2v) is 7.57. The molecule has 7 nitrogen and oxygen atoms in total. The van der Waals surface area contributed by atoms with E-state index in [4.69, 9.17) is 15.9 Å². The lowest BCUT2D eigenvalue weighted by molar-refractivity contribution is -0.140. The molecule has 0 saturated heterocycles. The van der Waals surface area contributed by atoms with Crippen LogP contribution in [-0.2, 0) is 11.0 Å². The van der Waals surface area contributed by atoms with Gasteiger partial charge in [0, 0.05) is 22.4 Å². The topological polar surface area (TPSA) is 117 Å². The molecule has 1 amide bonds. The van der Waals surface area contributed by atoms with Crippen molar-refractivity contribution in [1.82, 2.24) is 10.2 Å².